The molecule has 1 saturated carbocycles. The molecule has 2 aromatic rings. The van der Waals surface area contributed by atoms with Gasteiger partial charge in [-0.15, -0.1) is 0 Å². The van der Waals surface area contributed by atoms with Gasteiger partial charge in [0, 0.05) is 22.1 Å². The molecular formula is C15H14Br2N2O. The second-order valence-corrected chi connectivity index (χ2v) is 9.19. The molecule has 0 bridgehead atoms. The molecule has 1 aliphatic carbocycles. The number of nitrogens with two attached hydrogens (primary N) is 1. The van der Waals surface area contributed by atoms with E-state index >= 15 is 0 Å². The number of alkyl halides is 2. The Bertz CT molecular complexity index is 714. The number of carbonyl (C=O) groups excluding carboxylic acids is 1. The van der Waals surface area contributed by atoms with Crippen LogP contribution in [0.2, 0.25) is 0 Å². The molecule has 1 atom stereocenters. The molecule has 0 unspecified atom stereocenters. The summed E-state index contributed by atoms with van der Waals surface area (Å²) in [7, 11) is 0. The van der Waals surface area contributed by atoms with E-state index in [0.29, 0.717) is 5.69 Å². The van der Waals surface area contributed by atoms with Crippen LogP contribution in [0.5, 0.6) is 0 Å². The van der Waals surface area contributed by atoms with Crippen LogP contribution in [-0.2, 0) is 4.79 Å². The molecule has 5 heteroatoms. The van der Waals surface area contributed by atoms with Gasteiger partial charge in [0.15, 0.2) is 0 Å². The molecule has 0 heterocycles. The van der Waals surface area contributed by atoms with E-state index in [1.54, 1.807) is 0 Å². The van der Waals surface area contributed by atoms with Crippen molar-refractivity contribution in [1.82, 2.24) is 0 Å². The van der Waals surface area contributed by atoms with Crippen LogP contribution in [0.15, 0.2) is 36.4 Å². The minimum Gasteiger partial charge on any atom is -0.398 e. The third kappa shape index (κ3) is 2.04. The fraction of sp³-hybridized carbons (Fsp3) is 0.267. The normalized spacial score (nSPS) is 23.6. The highest BCUT2D eigenvalue weighted by Gasteiger charge is 2.66. The van der Waals surface area contributed by atoms with Crippen LogP contribution in [-0.4, -0.2) is 9.14 Å². The van der Waals surface area contributed by atoms with Gasteiger partial charge in [0.05, 0.1) is 8.65 Å². The summed E-state index contributed by atoms with van der Waals surface area (Å²) in [6, 6.07) is 11.5. The lowest BCUT2D eigenvalue weighted by atomic mass is 10.1. The topological polar surface area (TPSA) is 55.1 Å². The fourth-order valence-electron chi connectivity index (χ4n) is 2.35. The lowest BCUT2D eigenvalue weighted by molar-refractivity contribution is -0.120. The molecule has 0 aromatic heterocycles. The zero-order valence-electron chi connectivity index (χ0n) is 10.9. The molecule has 1 amide bonds. The first-order chi connectivity index (χ1) is 9.35. The first-order valence-corrected chi connectivity index (χ1v) is 7.90. The Kier molecular flexibility index (Phi) is 3.10. The average Bonchev–Trinajstić information content (AvgIpc) is 2.91. The molecule has 0 radical (unpaired) electrons. The van der Waals surface area contributed by atoms with Crippen LogP contribution in [0, 0.1) is 5.41 Å². The van der Waals surface area contributed by atoms with E-state index in [-0.39, 0.29) is 9.14 Å². The van der Waals surface area contributed by atoms with E-state index in [4.69, 9.17) is 5.73 Å². The summed E-state index contributed by atoms with van der Waals surface area (Å²) in [6.07, 6.45) is 0.763. The van der Waals surface area contributed by atoms with E-state index in [1.165, 1.54) is 0 Å². The van der Waals surface area contributed by atoms with Crippen molar-refractivity contribution in [2.45, 2.75) is 16.6 Å². The van der Waals surface area contributed by atoms with Crippen molar-refractivity contribution in [1.29, 1.82) is 0 Å². The summed E-state index contributed by atoms with van der Waals surface area (Å²) in [5.41, 5.74) is 7.04. The summed E-state index contributed by atoms with van der Waals surface area (Å²) < 4.78 is -0.291. The van der Waals surface area contributed by atoms with Gasteiger partial charge < -0.3 is 11.1 Å². The second kappa shape index (κ2) is 4.46. The SMILES string of the molecule is C[C@@]1(C(=O)Nc2cccc3c(N)cccc23)CC1(Br)Br. The molecule has 0 saturated heterocycles. The number of benzene rings is 2. The monoisotopic (exact) mass is 396 g/mol. The summed E-state index contributed by atoms with van der Waals surface area (Å²) in [6.45, 7) is 1.94. The first-order valence-electron chi connectivity index (χ1n) is 6.32. The van der Waals surface area contributed by atoms with Crippen molar-refractivity contribution in [3.8, 4) is 0 Å². The van der Waals surface area contributed by atoms with Gasteiger partial charge in [0.25, 0.3) is 0 Å². The molecule has 0 aliphatic heterocycles. The van der Waals surface area contributed by atoms with Crippen molar-refractivity contribution < 1.29 is 4.79 Å². The predicted molar refractivity (Wildman–Crippen MR) is 90.3 cm³/mol. The molecule has 20 heavy (non-hydrogen) atoms. The number of halogens is 2. The number of nitrogen functional groups attached to an aromatic ring is 1. The third-order valence-electron chi connectivity index (χ3n) is 3.96. The van der Waals surface area contributed by atoms with Crippen LogP contribution in [0.3, 0.4) is 0 Å². The van der Waals surface area contributed by atoms with Crippen molar-refractivity contribution >= 4 is 59.9 Å². The Balaban J connectivity index is 1.97. The van der Waals surface area contributed by atoms with E-state index in [1.807, 2.05) is 43.3 Å². The highest BCUT2D eigenvalue weighted by Crippen LogP contribution is 2.66. The maximum Gasteiger partial charge on any atom is 0.232 e. The minimum atomic E-state index is -0.435. The fourth-order valence-corrected chi connectivity index (χ4v) is 3.83. The van der Waals surface area contributed by atoms with E-state index in [9.17, 15) is 4.79 Å². The maximum atomic E-state index is 12.4. The Morgan fingerprint density at radius 1 is 1.20 bits per heavy atom. The lowest BCUT2D eigenvalue weighted by Gasteiger charge is -2.15. The zero-order valence-corrected chi connectivity index (χ0v) is 14.1. The Labute approximate surface area is 134 Å². The first kappa shape index (κ1) is 13.9. The molecule has 3 nitrogen and oxygen atoms in total. The van der Waals surface area contributed by atoms with Crippen molar-refractivity contribution in [3.05, 3.63) is 36.4 Å². The molecule has 2 aromatic carbocycles. The van der Waals surface area contributed by atoms with Crippen LogP contribution < -0.4 is 11.1 Å². The highest BCUT2D eigenvalue weighted by atomic mass is 79.9. The van der Waals surface area contributed by atoms with Crippen molar-refractivity contribution in [2.75, 3.05) is 11.1 Å². The zero-order chi connectivity index (χ0) is 14.5. The quantitative estimate of drug-likeness (QED) is 0.587. The van der Waals surface area contributed by atoms with Gasteiger partial charge in [-0.05, 0) is 25.5 Å². The summed E-state index contributed by atoms with van der Waals surface area (Å²) in [5, 5.41) is 4.93. The number of hydrogen-bond donors (Lipinski definition) is 2. The lowest BCUT2D eigenvalue weighted by Crippen LogP contribution is -2.25. The van der Waals surface area contributed by atoms with E-state index in [2.05, 4.69) is 37.2 Å². The van der Waals surface area contributed by atoms with Crippen molar-refractivity contribution in [2.24, 2.45) is 5.41 Å². The number of rotatable bonds is 2. The Morgan fingerprint density at radius 3 is 2.45 bits per heavy atom. The van der Waals surface area contributed by atoms with Crippen LogP contribution >= 0.6 is 31.9 Å². The predicted octanol–water partition coefficient (Wildman–Crippen LogP) is 4.26. The largest absolute Gasteiger partial charge is 0.398 e. The summed E-state index contributed by atoms with van der Waals surface area (Å²) >= 11 is 7.04. The molecule has 3 rings (SSSR count). The Morgan fingerprint density at radius 2 is 1.80 bits per heavy atom. The van der Waals surface area contributed by atoms with Crippen LogP contribution in [0.4, 0.5) is 11.4 Å². The number of nitrogens with one attached hydrogen (secondary N) is 1. The van der Waals surface area contributed by atoms with Gasteiger partial charge in [-0.2, -0.15) is 0 Å². The van der Waals surface area contributed by atoms with Crippen LogP contribution in [0.25, 0.3) is 10.8 Å². The van der Waals surface area contributed by atoms with Gasteiger partial charge in [-0.1, -0.05) is 56.1 Å². The second-order valence-electron chi connectivity index (χ2n) is 5.42. The van der Waals surface area contributed by atoms with E-state index < -0.39 is 5.41 Å². The molecule has 3 N–H and O–H groups in total. The average molecular weight is 398 g/mol. The molecule has 1 aliphatic rings. The van der Waals surface area contributed by atoms with E-state index in [0.717, 1.165) is 22.9 Å². The van der Waals surface area contributed by atoms with Gasteiger partial charge in [0.2, 0.25) is 5.91 Å². The molecule has 0 spiro atoms. The number of carbonyl (C=O) groups is 1. The number of fused-ring (bicyclic) bond motifs is 1. The highest BCUT2D eigenvalue weighted by molar-refractivity contribution is 9.25. The number of amides is 1. The standard InChI is InChI=1S/C15H14Br2N2O/c1-14(8-15(14,16)17)13(20)19-12-7-3-4-9-10(12)5-2-6-11(9)18/h2-7H,8,18H2,1H3,(H,19,20)/t14-/m0/s1. The summed E-state index contributed by atoms with van der Waals surface area (Å²) in [4.78, 5) is 12.4. The van der Waals surface area contributed by atoms with Crippen molar-refractivity contribution in [3.63, 3.8) is 0 Å². The van der Waals surface area contributed by atoms with Gasteiger partial charge in [-0.3, -0.25) is 4.79 Å². The number of anilines is 2. The maximum absolute atomic E-state index is 12.4. The number of hydrogen-bond acceptors (Lipinski definition) is 2. The molecule has 104 valence electrons. The van der Waals surface area contributed by atoms with Gasteiger partial charge >= 0.3 is 0 Å². The van der Waals surface area contributed by atoms with Crippen LogP contribution in [0.1, 0.15) is 13.3 Å². The Hall–Kier alpha value is -1.07. The smallest absolute Gasteiger partial charge is 0.232 e. The third-order valence-corrected chi connectivity index (χ3v) is 6.27. The molecule has 1 fully saturated rings. The van der Waals surface area contributed by atoms with Gasteiger partial charge in [0.1, 0.15) is 0 Å². The minimum absolute atomic E-state index is 0.00109. The summed E-state index contributed by atoms with van der Waals surface area (Å²) in [5.74, 6) is 0.00109. The molecular weight excluding hydrogens is 384 g/mol. The van der Waals surface area contributed by atoms with Gasteiger partial charge in [-0.25, -0.2) is 0 Å².